The van der Waals surface area contributed by atoms with E-state index in [1.807, 2.05) is 6.92 Å². The zero-order chi connectivity index (χ0) is 30.8. The van der Waals surface area contributed by atoms with Crippen LogP contribution in [0.5, 0.6) is 0 Å². The van der Waals surface area contributed by atoms with Crippen LogP contribution in [-0.2, 0) is 34.9 Å². The summed E-state index contributed by atoms with van der Waals surface area (Å²) in [6.07, 6.45) is 8.98. The molecule has 0 aliphatic carbocycles. The highest BCUT2D eigenvalue weighted by atomic mass is 31.2. The van der Waals surface area contributed by atoms with Gasteiger partial charge in [-0.1, -0.05) is 39.5 Å². The van der Waals surface area contributed by atoms with Crippen molar-refractivity contribution >= 4 is 36.4 Å². The van der Waals surface area contributed by atoms with Gasteiger partial charge < -0.3 is 24.5 Å². The molecule has 13 nitrogen and oxygen atoms in total. The van der Waals surface area contributed by atoms with Gasteiger partial charge in [-0.05, 0) is 46.5 Å². The van der Waals surface area contributed by atoms with E-state index in [0.717, 1.165) is 38.5 Å². The molecule has 3 atom stereocenters. The molecule has 1 fully saturated rings. The Morgan fingerprint density at radius 3 is 2.50 bits per heavy atom. The number of nitrogen functional groups attached to an aromatic ring is 1. The molecule has 236 valence electrons. The maximum atomic E-state index is 14.8. The van der Waals surface area contributed by atoms with E-state index in [0.29, 0.717) is 50.3 Å². The van der Waals surface area contributed by atoms with E-state index in [2.05, 4.69) is 33.9 Å². The van der Waals surface area contributed by atoms with Crippen molar-refractivity contribution in [3.05, 3.63) is 12.7 Å². The molecule has 1 aliphatic rings. The summed E-state index contributed by atoms with van der Waals surface area (Å²) >= 11 is 0. The number of fused-ring (bicyclic) bond motifs is 1. The molecule has 0 bridgehead atoms. The highest BCUT2D eigenvalue weighted by Gasteiger charge is 2.47. The summed E-state index contributed by atoms with van der Waals surface area (Å²) in [5.41, 5.74) is 5.68. The van der Waals surface area contributed by atoms with Gasteiger partial charge in [0.1, 0.15) is 29.8 Å². The number of nitrogens with two attached hydrogens (primary N) is 1. The molecule has 0 aromatic carbocycles. The quantitative estimate of drug-likeness (QED) is 0.140. The third-order valence-corrected chi connectivity index (χ3v) is 9.98. The van der Waals surface area contributed by atoms with Gasteiger partial charge in [-0.25, -0.2) is 24.7 Å². The zero-order valence-electron chi connectivity index (χ0n) is 25.7. The fraction of sp³-hybridized carbons (Fsp3) is 0.750. The summed E-state index contributed by atoms with van der Waals surface area (Å²) in [6.45, 7) is 10.7. The first-order valence-electron chi connectivity index (χ1n) is 15.0. The fourth-order valence-electron chi connectivity index (χ4n) is 4.94. The van der Waals surface area contributed by atoms with Crippen molar-refractivity contribution < 1.29 is 28.4 Å². The van der Waals surface area contributed by atoms with Crippen molar-refractivity contribution in [3.8, 4) is 0 Å². The van der Waals surface area contributed by atoms with Crippen molar-refractivity contribution in [3.63, 3.8) is 0 Å². The van der Waals surface area contributed by atoms with Crippen LogP contribution in [-0.4, -0.2) is 79.9 Å². The fourth-order valence-corrected chi connectivity index (χ4v) is 7.83. The molecule has 2 aromatic rings. The lowest BCUT2D eigenvalue weighted by molar-refractivity contribution is -0.149. The van der Waals surface area contributed by atoms with Crippen LogP contribution in [0.4, 0.5) is 5.82 Å². The average molecular weight is 610 g/mol. The maximum absolute atomic E-state index is 14.8. The highest BCUT2D eigenvalue weighted by molar-refractivity contribution is 7.59. The molecular weight excluding hydrogens is 561 g/mol. The lowest BCUT2D eigenvalue weighted by Gasteiger charge is -2.37. The molecule has 0 spiro atoms. The van der Waals surface area contributed by atoms with E-state index in [9.17, 15) is 14.2 Å². The molecule has 0 amide bonds. The van der Waals surface area contributed by atoms with Crippen LogP contribution in [0, 0.1) is 0 Å². The van der Waals surface area contributed by atoms with E-state index in [1.165, 1.54) is 6.33 Å². The van der Waals surface area contributed by atoms with E-state index in [1.54, 1.807) is 29.4 Å². The van der Waals surface area contributed by atoms with Crippen LogP contribution in [0.3, 0.4) is 0 Å². The average Bonchev–Trinajstić information content (AvgIpc) is 3.61. The number of carbonyl (C=O) groups is 2. The first kappa shape index (κ1) is 33.9. The molecule has 2 aromatic heterocycles. The molecule has 0 saturated carbocycles. The van der Waals surface area contributed by atoms with Gasteiger partial charge in [0.2, 0.25) is 7.44 Å². The van der Waals surface area contributed by atoms with Crippen LogP contribution in [0.25, 0.3) is 11.2 Å². The Labute approximate surface area is 248 Å². The summed E-state index contributed by atoms with van der Waals surface area (Å²) in [5.74, 6) is -0.626. The number of hydrogen-bond acceptors (Lipinski definition) is 10. The third-order valence-electron chi connectivity index (χ3n) is 7.27. The van der Waals surface area contributed by atoms with Gasteiger partial charge in [0.15, 0.2) is 11.5 Å². The van der Waals surface area contributed by atoms with E-state index >= 15 is 0 Å². The first-order chi connectivity index (χ1) is 20.0. The second-order valence-corrected chi connectivity index (χ2v) is 13.8. The number of carbonyl (C=O) groups excluding carboxylic acids is 2. The minimum atomic E-state index is -3.65. The van der Waals surface area contributed by atoms with Gasteiger partial charge in [-0.3, -0.25) is 14.2 Å². The molecule has 14 heteroatoms. The standard InChI is InChI=1S/C28H48N7O6P/c1-6-8-10-15-39-26(36)22-13-12-14-35(22)42(38,33-28(4,5)27(37)40-16-11-9-7-2)20-41-21(3)17-34-19-32-23-24(29)30-18-31-25(23)34/h18-19,21-22H,6-17,20H2,1-5H3,(H,33,38)(H2,29,30,31)/t21-,22-,42+/m1/s1. The van der Waals surface area contributed by atoms with Crippen molar-refractivity contribution in [1.29, 1.82) is 0 Å². The molecule has 1 saturated heterocycles. The molecule has 0 unspecified atom stereocenters. The Morgan fingerprint density at radius 1 is 1.12 bits per heavy atom. The minimum absolute atomic E-state index is 0.232. The maximum Gasteiger partial charge on any atom is 0.326 e. The van der Waals surface area contributed by atoms with Crippen molar-refractivity contribution in [1.82, 2.24) is 29.3 Å². The Hall–Kier alpha value is -2.60. The number of esters is 2. The topological polar surface area (TPSA) is 164 Å². The zero-order valence-corrected chi connectivity index (χ0v) is 26.6. The lowest BCUT2D eigenvalue weighted by Crippen LogP contribution is -2.51. The van der Waals surface area contributed by atoms with Gasteiger partial charge in [0, 0.05) is 6.54 Å². The van der Waals surface area contributed by atoms with Gasteiger partial charge in [-0.2, -0.15) is 0 Å². The number of nitrogens with one attached hydrogen (secondary N) is 1. The predicted octanol–water partition coefficient (Wildman–Crippen LogP) is 4.26. The Bertz CT molecular complexity index is 1220. The summed E-state index contributed by atoms with van der Waals surface area (Å²) < 4.78 is 35.4. The number of aromatic nitrogens is 4. The number of nitrogens with zero attached hydrogens (tertiary/aromatic N) is 5. The van der Waals surface area contributed by atoms with Crippen molar-refractivity contribution in [2.45, 2.75) is 110 Å². The van der Waals surface area contributed by atoms with Gasteiger partial charge in [-0.15, -0.1) is 0 Å². The van der Waals surface area contributed by atoms with E-state index in [4.69, 9.17) is 19.9 Å². The molecular formula is C28H48N7O6P. The number of ether oxygens (including phenoxy) is 3. The molecule has 0 radical (unpaired) electrons. The predicted molar refractivity (Wildman–Crippen MR) is 161 cm³/mol. The SMILES string of the molecule is CCCCCOC(=O)[C@H]1CCCN1[P@](=O)(CO[C@H](C)Cn1cnc2c(N)ncnc21)NC(C)(C)C(=O)OCCCCC. The van der Waals surface area contributed by atoms with Gasteiger partial charge >= 0.3 is 11.9 Å². The van der Waals surface area contributed by atoms with Crippen LogP contribution < -0.4 is 10.8 Å². The monoisotopic (exact) mass is 609 g/mol. The summed E-state index contributed by atoms with van der Waals surface area (Å²) in [5, 5.41) is 3.08. The van der Waals surface area contributed by atoms with Crippen molar-refractivity contribution in [2.75, 3.05) is 31.8 Å². The molecule has 1 aliphatic heterocycles. The second kappa shape index (κ2) is 15.7. The Kier molecular flexibility index (Phi) is 12.7. The lowest BCUT2D eigenvalue weighted by atomic mass is 10.1. The van der Waals surface area contributed by atoms with Crippen LogP contribution in [0.15, 0.2) is 12.7 Å². The molecule has 3 heterocycles. The number of rotatable bonds is 18. The van der Waals surface area contributed by atoms with Gasteiger partial charge in [0.25, 0.3) is 0 Å². The molecule has 3 N–H and O–H groups in total. The number of unbranched alkanes of at least 4 members (excludes halogenated alkanes) is 4. The second-order valence-electron chi connectivity index (χ2n) is 11.4. The van der Waals surface area contributed by atoms with E-state index < -0.39 is 37.1 Å². The number of hydrogen-bond donors (Lipinski definition) is 2. The largest absolute Gasteiger partial charge is 0.465 e. The highest BCUT2D eigenvalue weighted by Crippen LogP contribution is 2.52. The van der Waals surface area contributed by atoms with Crippen LogP contribution in [0.2, 0.25) is 0 Å². The smallest absolute Gasteiger partial charge is 0.326 e. The summed E-state index contributed by atoms with van der Waals surface area (Å²) in [4.78, 5) is 38.7. The summed E-state index contributed by atoms with van der Waals surface area (Å²) in [6, 6.07) is -0.697. The number of anilines is 1. The van der Waals surface area contributed by atoms with E-state index in [-0.39, 0.29) is 12.2 Å². The number of imidazole rings is 1. The van der Waals surface area contributed by atoms with Crippen molar-refractivity contribution in [2.24, 2.45) is 0 Å². The molecule has 3 rings (SSSR count). The minimum Gasteiger partial charge on any atom is -0.465 e. The van der Waals surface area contributed by atoms with Crippen LogP contribution >= 0.6 is 7.44 Å². The Morgan fingerprint density at radius 2 is 1.81 bits per heavy atom. The van der Waals surface area contributed by atoms with Crippen LogP contribution in [0.1, 0.15) is 86.0 Å². The summed E-state index contributed by atoms with van der Waals surface area (Å²) in [7, 11) is -3.65. The third kappa shape index (κ3) is 8.95. The Balaban J connectivity index is 1.76. The first-order valence-corrected chi connectivity index (χ1v) is 16.9. The molecule has 42 heavy (non-hydrogen) atoms. The van der Waals surface area contributed by atoms with Gasteiger partial charge in [0.05, 0.1) is 32.2 Å². The normalized spacial score (nSPS) is 18.2.